The van der Waals surface area contributed by atoms with Crippen LogP contribution in [0.2, 0.25) is 0 Å². The average Bonchev–Trinajstić information content (AvgIpc) is 2.60. The van der Waals surface area contributed by atoms with Crippen molar-refractivity contribution in [3.05, 3.63) is 63.7 Å². The molecule has 0 aromatic heterocycles. The van der Waals surface area contributed by atoms with Gasteiger partial charge in [0.25, 0.3) is 11.6 Å². The number of carbonyl (C=O) groups is 1. The van der Waals surface area contributed by atoms with E-state index in [-0.39, 0.29) is 18.2 Å². The van der Waals surface area contributed by atoms with Crippen LogP contribution in [-0.4, -0.2) is 31.1 Å². The van der Waals surface area contributed by atoms with E-state index < -0.39 is 4.92 Å². The summed E-state index contributed by atoms with van der Waals surface area (Å²) >= 11 is 0. The van der Waals surface area contributed by atoms with Gasteiger partial charge in [-0.3, -0.25) is 14.9 Å². The van der Waals surface area contributed by atoms with Gasteiger partial charge in [-0.25, -0.2) is 0 Å². The molecular weight excluding hydrogens is 324 g/mol. The maximum Gasteiger partial charge on any atom is 0.269 e. The van der Waals surface area contributed by atoms with E-state index in [1.54, 1.807) is 7.11 Å². The minimum absolute atomic E-state index is 0.0242. The highest BCUT2D eigenvalue weighted by atomic mass is 16.6. The second-order valence-electron chi connectivity index (χ2n) is 5.45. The quantitative estimate of drug-likeness (QED) is 0.587. The van der Waals surface area contributed by atoms with E-state index in [1.807, 2.05) is 25.1 Å². The van der Waals surface area contributed by atoms with Crippen molar-refractivity contribution in [2.45, 2.75) is 13.3 Å². The van der Waals surface area contributed by atoms with Gasteiger partial charge in [-0.05, 0) is 37.1 Å². The summed E-state index contributed by atoms with van der Waals surface area (Å²) in [6.07, 6.45) is 0.647. The molecule has 0 radical (unpaired) electrons. The molecule has 2 aromatic rings. The SMILES string of the molecule is COc1ccc(C)cc1CCNC(=O)COc1ccc([N+](=O)[O-])cc1. The van der Waals surface area contributed by atoms with Crippen molar-refractivity contribution >= 4 is 11.6 Å². The summed E-state index contributed by atoms with van der Waals surface area (Å²) in [6.45, 7) is 2.31. The van der Waals surface area contributed by atoms with E-state index in [0.29, 0.717) is 18.7 Å². The lowest BCUT2D eigenvalue weighted by Crippen LogP contribution is -2.30. The van der Waals surface area contributed by atoms with Crippen molar-refractivity contribution in [3.8, 4) is 11.5 Å². The van der Waals surface area contributed by atoms with Gasteiger partial charge in [0.15, 0.2) is 6.61 Å². The van der Waals surface area contributed by atoms with E-state index in [9.17, 15) is 14.9 Å². The van der Waals surface area contributed by atoms with E-state index in [4.69, 9.17) is 9.47 Å². The molecule has 0 unspecified atom stereocenters. The largest absolute Gasteiger partial charge is 0.496 e. The molecule has 0 saturated carbocycles. The van der Waals surface area contributed by atoms with Crippen molar-refractivity contribution in [2.24, 2.45) is 0 Å². The van der Waals surface area contributed by atoms with Gasteiger partial charge in [-0.1, -0.05) is 17.7 Å². The van der Waals surface area contributed by atoms with Gasteiger partial charge >= 0.3 is 0 Å². The predicted octanol–water partition coefficient (Wildman–Crippen LogP) is 2.65. The first-order chi connectivity index (χ1) is 12.0. The fourth-order valence-corrected chi connectivity index (χ4v) is 2.30. The molecule has 2 aromatic carbocycles. The summed E-state index contributed by atoms with van der Waals surface area (Å²) < 4.78 is 10.6. The molecule has 0 heterocycles. The fraction of sp³-hybridized carbons (Fsp3) is 0.278. The molecule has 0 bridgehead atoms. The van der Waals surface area contributed by atoms with Gasteiger partial charge in [0.05, 0.1) is 12.0 Å². The van der Waals surface area contributed by atoms with Crippen LogP contribution in [0.5, 0.6) is 11.5 Å². The summed E-state index contributed by atoms with van der Waals surface area (Å²) in [6, 6.07) is 11.5. The Morgan fingerprint density at radius 2 is 1.92 bits per heavy atom. The monoisotopic (exact) mass is 344 g/mol. The molecule has 1 amide bonds. The molecule has 132 valence electrons. The summed E-state index contributed by atoms with van der Waals surface area (Å²) in [5.74, 6) is 0.938. The normalized spacial score (nSPS) is 10.2. The Morgan fingerprint density at radius 1 is 1.20 bits per heavy atom. The number of nitrogens with one attached hydrogen (secondary N) is 1. The molecule has 7 heteroatoms. The zero-order chi connectivity index (χ0) is 18.2. The third kappa shape index (κ3) is 5.49. The molecule has 0 fully saturated rings. The first kappa shape index (κ1) is 18.3. The molecule has 0 aliphatic heterocycles. The van der Waals surface area contributed by atoms with Crippen molar-refractivity contribution in [1.29, 1.82) is 0 Å². The second-order valence-corrected chi connectivity index (χ2v) is 5.45. The first-order valence-corrected chi connectivity index (χ1v) is 7.77. The van der Waals surface area contributed by atoms with E-state index in [1.165, 1.54) is 24.3 Å². The number of nitrogens with zero attached hydrogens (tertiary/aromatic N) is 1. The Bertz CT molecular complexity index is 744. The summed E-state index contributed by atoms with van der Waals surface area (Å²) in [4.78, 5) is 21.9. The van der Waals surface area contributed by atoms with Gasteiger partial charge in [-0.2, -0.15) is 0 Å². The molecule has 0 aliphatic rings. The highest BCUT2D eigenvalue weighted by Gasteiger charge is 2.07. The summed E-state index contributed by atoms with van der Waals surface area (Å²) in [5.41, 5.74) is 2.13. The van der Waals surface area contributed by atoms with Crippen molar-refractivity contribution in [1.82, 2.24) is 5.32 Å². The van der Waals surface area contributed by atoms with Crippen LogP contribution in [0.15, 0.2) is 42.5 Å². The zero-order valence-electron chi connectivity index (χ0n) is 14.2. The number of aryl methyl sites for hydroxylation is 1. The number of amides is 1. The maximum absolute atomic E-state index is 11.8. The van der Waals surface area contributed by atoms with Crippen LogP contribution in [0.3, 0.4) is 0 Å². The van der Waals surface area contributed by atoms with Crippen LogP contribution in [0.4, 0.5) is 5.69 Å². The first-order valence-electron chi connectivity index (χ1n) is 7.77. The molecule has 2 rings (SSSR count). The number of rotatable bonds is 8. The smallest absolute Gasteiger partial charge is 0.269 e. The van der Waals surface area contributed by atoms with Crippen LogP contribution in [-0.2, 0) is 11.2 Å². The number of methoxy groups -OCH3 is 1. The van der Waals surface area contributed by atoms with Crippen molar-refractivity contribution in [2.75, 3.05) is 20.3 Å². The Morgan fingerprint density at radius 3 is 2.56 bits per heavy atom. The molecule has 0 saturated heterocycles. The minimum Gasteiger partial charge on any atom is -0.496 e. The van der Waals surface area contributed by atoms with E-state index in [2.05, 4.69) is 5.32 Å². The lowest BCUT2D eigenvalue weighted by Gasteiger charge is -2.11. The molecule has 25 heavy (non-hydrogen) atoms. The number of ether oxygens (including phenoxy) is 2. The Labute approximate surface area is 145 Å². The van der Waals surface area contributed by atoms with Crippen LogP contribution in [0.25, 0.3) is 0 Å². The number of nitro groups is 1. The maximum atomic E-state index is 11.8. The molecule has 0 aliphatic carbocycles. The van der Waals surface area contributed by atoms with E-state index >= 15 is 0 Å². The van der Waals surface area contributed by atoms with Crippen molar-refractivity contribution in [3.63, 3.8) is 0 Å². The molecule has 1 N–H and O–H groups in total. The Kier molecular flexibility index (Phi) is 6.33. The Balaban J connectivity index is 1.77. The molecule has 0 spiro atoms. The standard InChI is InChI=1S/C18H20N2O5/c1-13-3-8-17(24-2)14(11-13)9-10-19-18(21)12-25-16-6-4-15(5-7-16)20(22)23/h3-8,11H,9-10,12H2,1-2H3,(H,19,21). The zero-order valence-corrected chi connectivity index (χ0v) is 14.2. The predicted molar refractivity (Wildman–Crippen MR) is 93.0 cm³/mol. The molecule has 0 atom stereocenters. The van der Waals surface area contributed by atoms with Gasteiger partial charge in [0.1, 0.15) is 11.5 Å². The fourth-order valence-electron chi connectivity index (χ4n) is 2.30. The number of hydrogen-bond acceptors (Lipinski definition) is 5. The van der Waals surface area contributed by atoms with Crippen LogP contribution in [0.1, 0.15) is 11.1 Å². The second kappa shape index (κ2) is 8.68. The van der Waals surface area contributed by atoms with Crippen LogP contribution >= 0.6 is 0 Å². The summed E-state index contributed by atoms with van der Waals surface area (Å²) in [5, 5.41) is 13.3. The molecule has 7 nitrogen and oxygen atoms in total. The minimum atomic E-state index is -0.490. The van der Waals surface area contributed by atoms with E-state index in [0.717, 1.165) is 16.9 Å². The number of carbonyl (C=O) groups excluding carboxylic acids is 1. The number of hydrogen-bond donors (Lipinski definition) is 1. The van der Waals surface area contributed by atoms with Gasteiger partial charge < -0.3 is 14.8 Å². The third-order valence-electron chi connectivity index (χ3n) is 3.57. The lowest BCUT2D eigenvalue weighted by molar-refractivity contribution is -0.384. The Hall–Kier alpha value is -3.09. The third-order valence-corrected chi connectivity index (χ3v) is 3.57. The van der Waals surface area contributed by atoms with Gasteiger partial charge in [-0.15, -0.1) is 0 Å². The summed E-state index contributed by atoms with van der Waals surface area (Å²) in [7, 11) is 1.62. The topological polar surface area (TPSA) is 90.7 Å². The van der Waals surface area contributed by atoms with Crippen LogP contribution < -0.4 is 14.8 Å². The number of nitro benzene ring substituents is 1. The highest BCUT2D eigenvalue weighted by Crippen LogP contribution is 2.20. The van der Waals surface area contributed by atoms with Gasteiger partial charge in [0, 0.05) is 18.7 Å². The van der Waals surface area contributed by atoms with Crippen molar-refractivity contribution < 1.29 is 19.2 Å². The highest BCUT2D eigenvalue weighted by molar-refractivity contribution is 5.77. The number of non-ortho nitro benzene ring substituents is 1. The molecular formula is C18H20N2O5. The number of benzene rings is 2. The average molecular weight is 344 g/mol. The lowest BCUT2D eigenvalue weighted by atomic mass is 10.1. The van der Waals surface area contributed by atoms with Crippen LogP contribution in [0, 0.1) is 17.0 Å². The van der Waals surface area contributed by atoms with Gasteiger partial charge in [0.2, 0.25) is 0 Å².